The predicted octanol–water partition coefficient (Wildman–Crippen LogP) is 5.45. The van der Waals surface area contributed by atoms with E-state index in [4.69, 9.17) is 15.8 Å². The van der Waals surface area contributed by atoms with Gasteiger partial charge in [-0.15, -0.1) is 11.0 Å². The third-order valence-electron chi connectivity index (χ3n) is 6.30. The summed E-state index contributed by atoms with van der Waals surface area (Å²) in [6.07, 6.45) is 6.93. The fourth-order valence-electron chi connectivity index (χ4n) is 4.71. The van der Waals surface area contributed by atoms with E-state index in [1.54, 1.807) is 26.2 Å². The summed E-state index contributed by atoms with van der Waals surface area (Å²) in [5.41, 5.74) is 1.80. The number of hydrogen-bond acceptors (Lipinski definition) is 5. The Balaban J connectivity index is 1.92. The number of rotatable bonds is 3. The molecule has 1 aliphatic carbocycles. The van der Waals surface area contributed by atoms with Crippen molar-refractivity contribution in [1.82, 2.24) is 4.98 Å². The van der Waals surface area contributed by atoms with E-state index in [0.717, 1.165) is 47.1 Å². The van der Waals surface area contributed by atoms with E-state index in [2.05, 4.69) is 27.2 Å². The van der Waals surface area contributed by atoms with Crippen LogP contribution < -0.4 is 5.84 Å². The molecule has 1 aromatic carbocycles. The van der Waals surface area contributed by atoms with Gasteiger partial charge in [0.05, 0.1) is 5.71 Å². The average Bonchev–Trinajstić information content (AvgIpc) is 3.13. The molecule has 32 heavy (non-hydrogen) atoms. The molecule has 1 aliphatic heterocycles. The van der Waals surface area contributed by atoms with Gasteiger partial charge in [0.1, 0.15) is 0 Å². The molecule has 4 rings (SSSR count). The predicted molar refractivity (Wildman–Crippen MR) is 125 cm³/mol. The van der Waals surface area contributed by atoms with Crippen LogP contribution in [-0.4, -0.2) is 22.2 Å². The van der Waals surface area contributed by atoms with E-state index < -0.39 is 11.3 Å². The highest BCUT2D eigenvalue weighted by atomic mass is 19.1. The van der Waals surface area contributed by atoms with Gasteiger partial charge in [-0.25, -0.2) is 14.4 Å². The number of benzene rings is 1. The highest BCUT2D eigenvalue weighted by molar-refractivity contribution is 6.42. The van der Waals surface area contributed by atoms with Crippen molar-refractivity contribution >= 4 is 11.5 Å². The molecule has 2 heterocycles. The lowest BCUT2D eigenvalue weighted by atomic mass is 9.73. The number of alkyl halides is 1. The number of nitrogens with two attached hydrogens (primary N) is 1. The van der Waals surface area contributed by atoms with Crippen molar-refractivity contribution in [3.8, 4) is 23.0 Å². The second-order valence-electron chi connectivity index (χ2n) is 8.41. The first kappa shape index (κ1) is 21.8. The van der Waals surface area contributed by atoms with Crippen LogP contribution in [0.1, 0.15) is 62.6 Å². The van der Waals surface area contributed by atoms with Gasteiger partial charge in [0.2, 0.25) is 5.66 Å². The number of aliphatic imine (C=N–C) groups is 2. The molecule has 0 radical (unpaired) electrons. The first-order valence-corrected chi connectivity index (χ1v) is 10.9. The minimum atomic E-state index is -1.62. The quantitative estimate of drug-likeness (QED) is 0.304. The van der Waals surface area contributed by atoms with Gasteiger partial charge >= 0.3 is 0 Å². The number of nitrogens with zero attached hydrogens (tertiary/aromatic N) is 5. The number of aromatic nitrogens is 1. The molecule has 1 saturated carbocycles. The highest BCUT2D eigenvalue weighted by Crippen LogP contribution is 2.52. The Bertz CT molecular complexity index is 1180. The molecule has 0 amide bonds. The van der Waals surface area contributed by atoms with Crippen LogP contribution in [0, 0.1) is 18.8 Å². The van der Waals surface area contributed by atoms with Gasteiger partial charge in [0, 0.05) is 29.1 Å². The summed E-state index contributed by atoms with van der Waals surface area (Å²) in [4.78, 5) is 13.9. The maximum Gasteiger partial charge on any atom is 0.212 e. The van der Waals surface area contributed by atoms with Crippen LogP contribution >= 0.6 is 0 Å². The van der Waals surface area contributed by atoms with Crippen molar-refractivity contribution < 1.29 is 4.39 Å². The third-order valence-corrected chi connectivity index (χ3v) is 6.30. The van der Waals surface area contributed by atoms with Gasteiger partial charge in [-0.3, -0.25) is 4.98 Å². The van der Waals surface area contributed by atoms with E-state index >= 15 is 4.39 Å². The van der Waals surface area contributed by atoms with Crippen molar-refractivity contribution in [1.29, 1.82) is 0 Å². The summed E-state index contributed by atoms with van der Waals surface area (Å²) in [5, 5.41) is 7.30. The maximum atomic E-state index is 16.7. The average molecular weight is 431 g/mol. The first-order valence-electron chi connectivity index (χ1n) is 10.9. The molecule has 6 nitrogen and oxygen atoms in total. The molecule has 7 heteroatoms. The monoisotopic (exact) mass is 430 g/mol. The van der Waals surface area contributed by atoms with E-state index in [1.807, 2.05) is 31.2 Å². The van der Waals surface area contributed by atoms with E-state index in [1.165, 1.54) is 0 Å². The minimum Gasteiger partial charge on any atom is -0.305 e. The standard InChI is InChI=1S/C25H27FN6/c1-4-8-19-13-21(16-28-15-19)20-10-9-17(2)22(14-20)25(24(26)11-6-5-7-12-24)29-18(3)23(30-25)31-32-27/h9-10,13-16H,5-7,11-12H2,1-3H3,(H2,27,30,31). The number of halogens is 1. The zero-order chi connectivity index (χ0) is 22.8. The van der Waals surface area contributed by atoms with Crippen LogP contribution in [0.15, 0.2) is 57.0 Å². The smallest absolute Gasteiger partial charge is 0.212 e. The minimum absolute atomic E-state index is 0.279. The molecule has 0 spiro atoms. The van der Waals surface area contributed by atoms with Gasteiger partial charge in [-0.05, 0) is 56.9 Å². The SMILES string of the molecule is CC#Cc1cncc(-c2ccc(C)c(C3(C4(F)CCCCC4)N=C(C)C(N=NN)=N3)c2)c1. The van der Waals surface area contributed by atoms with Crippen molar-refractivity contribution in [2.75, 3.05) is 0 Å². The molecular weight excluding hydrogens is 403 g/mol. The number of aryl methyl sites for hydroxylation is 1. The summed E-state index contributed by atoms with van der Waals surface area (Å²) >= 11 is 0. The summed E-state index contributed by atoms with van der Waals surface area (Å²) < 4.78 is 16.7. The lowest BCUT2D eigenvalue weighted by Gasteiger charge is -2.42. The maximum absolute atomic E-state index is 16.7. The van der Waals surface area contributed by atoms with Gasteiger partial charge in [0.15, 0.2) is 11.5 Å². The van der Waals surface area contributed by atoms with Gasteiger partial charge < -0.3 is 5.84 Å². The molecular formula is C25H27FN6. The first-order chi connectivity index (χ1) is 15.4. The van der Waals surface area contributed by atoms with Gasteiger partial charge in [0.25, 0.3) is 0 Å². The van der Waals surface area contributed by atoms with Gasteiger partial charge in [-0.1, -0.05) is 42.5 Å². The van der Waals surface area contributed by atoms with Crippen LogP contribution in [0.5, 0.6) is 0 Å². The van der Waals surface area contributed by atoms with Crippen molar-refractivity contribution in [3.63, 3.8) is 0 Å². The Morgan fingerprint density at radius 3 is 2.53 bits per heavy atom. The number of hydrogen-bond donors (Lipinski definition) is 1. The molecule has 2 aromatic rings. The summed E-state index contributed by atoms with van der Waals surface area (Å²) in [7, 11) is 0. The van der Waals surface area contributed by atoms with Crippen LogP contribution in [0.2, 0.25) is 0 Å². The number of amidine groups is 1. The largest absolute Gasteiger partial charge is 0.305 e. The topological polar surface area (TPSA) is 88.3 Å². The molecule has 164 valence electrons. The Kier molecular flexibility index (Phi) is 5.88. The molecule has 0 saturated heterocycles. The Morgan fingerprint density at radius 1 is 1.03 bits per heavy atom. The van der Waals surface area contributed by atoms with Crippen LogP contribution in [0.3, 0.4) is 0 Å². The Morgan fingerprint density at radius 2 is 1.81 bits per heavy atom. The Hall–Kier alpha value is -3.40. The Labute approximate surface area is 188 Å². The fourth-order valence-corrected chi connectivity index (χ4v) is 4.71. The second-order valence-corrected chi connectivity index (χ2v) is 8.41. The molecule has 0 bridgehead atoms. The van der Waals surface area contributed by atoms with Crippen molar-refractivity contribution in [2.24, 2.45) is 26.2 Å². The fraction of sp³-hybridized carbons (Fsp3) is 0.400. The normalized spacial score (nSPS) is 22.2. The van der Waals surface area contributed by atoms with E-state index in [-0.39, 0.29) is 5.84 Å². The van der Waals surface area contributed by atoms with Crippen molar-refractivity contribution in [2.45, 2.75) is 64.2 Å². The molecule has 2 N–H and O–H groups in total. The lowest BCUT2D eigenvalue weighted by Crippen LogP contribution is -2.47. The second kappa shape index (κ2) is 8.62. The van der Waals surface area contributed by atoms with E-state index in [9.17, 15) is 0 Å². The summed E-state index contributed by atoms with van der Waals surface area (Å²) in [5.74, 6) is 11.5. The summed E-state index contributed by atoms with van der Waals surface area (Å²) in [6, 6.07) is 7.96. The molecule has 1 unspecified atom stereocenters. The molecule has 1 atom stereocenters. The number of pyridine rings is 1. The zero-order valence-corrected chi connectivity index (χ0v) is 18.7. The molecule has 1 fully saturated rings. The highest BCUT2D eigenvalue weighted by Gasteiger charge is 2.57. The van der Waals surface area contributed by atoms with Crippen LogP contribution in [-0.2, 0) is 5.66 Å². The zero-order valence-electron chi connectivity index (χ0n) is 18.7. The van der Waals surface area contributed by atoms with Gasteiger partial charge in [-0.2, -0.15) is 0 Å². The third kappa shape index (κ3) is 3.70. The molecule has 1 aromatic heterocycles. The van der Waals surface area contributed by atoms with Crippen molar-refractivity contribution in [3.05, 3.63) is 53.3 Å². The summed E-state index contributed by atoms with van der Waals surface area (Å²) in [6.45, 7) is 5.53. The molecule has 2 aliphatic rings. The lowest BCUT2D eigenvalue weighted by molar-refractivity contribution is 0.0211. The van der Waals surface area contributed by atoms with Crippen LogP contribution in [0.4, 0.5) is 4.39 Å². The van der Waals surface area contributed by atoms with Crippen LogP contribution in [0.25, 0.3) is 11.1 Å². The van der Waals surface area contributed by atoms with E-state index in [0.29, 0.717) is 18.6 Å².